The van der Waals surface area contributed by atoms with Crippen LogP contribution in [0.15, 0.2) is 30.6 Å². The van der Waals surface area contributed by atoms with Crippen molar-refractivity contribution in [1.82, 2.24) is 4.98 Å². The fraction of sp³-hybridized carbons (Fsp3) is 0.200. The Labute approximate surface area is 128 Å². The zero-order chi connectivity index (χ0) is 14.7. The monoisotopic (exact) mass is 306 g/mol. The van der Waals surface area contributed by atoms with Crippen LogP contribution in [0, 0.1) is 13.8 Å². The second-order valence-electron chi connectivity index (χ2n) is 4.56. The third kappa shape index (κ3) is 3.26. The van der Waals surface area contributed by atoms with Gasteiger partial charge in [0.05, 0.1) is 5.02 Å². The van der Waals surface area contributed by atoms with Gasteiger partial charge in [0.15, 0.2) is 0 Å². The lowest BCUT2D eigenvalue weighted by Crippen LogP contribution is -2.10. The summed E-state index contributed by atoms with van der Waals surface area (Å²) in [6.45, 7) is 4.34. The van der Waals surface area contributed by atoms with Crippen molar-refractivity contribution in [2.45, 2.75) is 20.5 Å². The Balaban J connectivity index is 2.22. The first-order valence-electron chi connectivity index (χ1n) is 6.11. The minimum atomic E-state index is 0.389. The summed E-state index contributed by atoms with van der Waals surface area (Å²) < 4.78 is 5.87. The largest absolute Gasteiger partial charge is 0.488 e. The second-order valence-corrected chi connectivity index (χ2v) is 5.41. The van der Waals surface area contributed by atoms with E-state index in [0.29, 0.717) is 16.6 Å². The average molecular weight is 307 g/mol. The number of hydrogen-bond donors (Lipinski definition) is 1. The van der Waals surface area contributed by atoms with E-state index in [-0.39, 0.29) is 0 Å². The number of thiocarbonyl (C=S) groups is 1. The van der Waals surface area contributed by atoms with Crippen LogP contribution in [0.2, 0.25) is 5.02 Å². The van der Waals surface area contributed by atoms with E-state index in [0.717, 1.165) is 28.0 Å². The molecule has 0 unspecified atom stereocenters. The molecule has 0 aliphatic rings. The average Bonchev–Trinajstić information content (AvgIpc) is 2.39. The number of benzene rings is 1. The van der Waals surface area contributed by atoms with Gasteiger partial charge in [0.2, 0.25) is 0 Å². The molecule has 20 heavy (non-hydrogen) atoms. The zero-order valence-corrected chi connectivity index (χ0v) is 12.9. The number of nitrogens with zero attached hydrogens (tertiary/aromatic N) is 1. The molecule has 0 spiro atoms. The highest BCUT2D eigenvalue weighted by Crippen LogP contribution is 2.26. The molecule has 104 valence electrons. The van der Waals surface area contributed by atoms with E-state index in [4.69, 9.17) is 34.3 Å². The van der Waals surface area contributed by atoms with E-state index in [1.807, 2.05) is 32.0 Å². The molecule has 0 fully saturated rings. The van der Waals surface area contributed by atoms with Gasteiger partial charge in [0.25, 0.3) is 0 Å². The lowest BCUT2D eigenvalue weighted by Gasteiger charge is -2.14. The van der Waals surface area contributed by atoms with Gasteiger partial charge in [-0.05, 0) is 43.2 Å². The predicted octanol–water partition coefficient (Wildman–Crippen LogP) is 3.57. The highest BCUT2D eigenvalue weighted by Gasteiger charge is 2.09. The number of hydrogen-bond acceptors (Lipinski definition) is 3. The van der Waals surface area contributed by atoms with Crippen LogP contribution in [0.4, 0.5) is 0 Å². The van der Waals surface area contributed by atoms with Crippen molar-refractivity contribution >= 4 is 28.8 Å². The fourth-order valence-electron chi connectivity index (χ4n) is 1.99. The fourth-order valence-corrected chi connectivity index (χ4v) is 2.28. The number of aromatic nitrogens is 1. The second kappa shape index (κ2) is 6.20. The summed E-state index contributed by atoms with van der Waals surface area (Å²) in [7, 11) is 0. The van der Waals surface area contributed by atoms with Crippen LogP contribution in [0.3, 0.4) is 0 Å². The first-order valence-corrected chi connectivity index (χ1v) is 6.90. The van der Waals surface area contributed by atoms with E-state index in [2.05, 4.69) is 4.98 Å². The van der Waals surface area contributed by atoms with Gasteiger partial charge in [-0.25, -0.2) is 0 Å². The highest BCUT2D eigenvalue weighted by atomic mass is 35.5. The van der Waals surface area contributed by atoms with Crippen molar-refractivity contribution in [2.24, 2.45) is 5.73 Å². The zero-order valence-electron chi connectivity index (χ0n) is 11.3. The Morgan fingerprint density at radius 1 is 1.35 bits per heavy atom. The molecular formula is C15H15ClN2OS. The Bertz CT molecular complexity index is 635. The molecule has 0 aliphatic heterocycles. The molecular weight excluding hydrogens is 292 g/mol. The molecule has 0 aliphatic carbocycles. The third-order valence-electron chi connectivity index (χ3n) is 2.97. The number of pyridine rings is 1. The summed E-state index contributed by atoms with van der Waals surface area (Å²) in [5.41, 5.74) is 9.40. The van der Waals surface area contributed by atoms with Crippen molar-refractivity contribution in [1.29, 1.82) is 0 Å². The number of rotatable bonds is 4. The van der Waals surface area contributed by atoms with Gasteiger partial charge in [-0.2, -0.15) is 0 Å². The molecule has 3 nitrogen and oxygen atoms in total. The number of nitrogens with two attached hydrogens (primary N) is 1. The molecule has 1 aromatic heterocycles. The van der Waals surface area contributed by atoms with E-state index in [9.17, 15) is 0 Å². The smallest absolute Gasteiger partial charge is 0.125 e. The lowest BCUT2D eigenvalue weighted by atomic mass is 10.1. The van der Waals surface area contributed by atoms with Crippen LogP contribution in [0.5, 0.6) is 5.75 Å². The highest BCUT2D eigenvalue weighted by molar-refractivity contribution is 7.80. The van der Waals surface area contributed by atoms with Crippen LogP contribution in [0.25, 0.3) is 0 Å². The Hall–Kier alpha value is -1.65. The molecule has 0 radical (unpaired) electrons. The maximum Gasteiger partial charge on any atom is 0.125 e. The minimum absolute atomic E-state index is 0.389. The van der Waals surface area contributed by atoms with E-state index < -0.39 is 0 Å². The minimum Gasteiger partial charge on any atom is -0.488 e. The SMILES string of the molecule is Cc1cc(C(N)=S)cc(C)c1OCc1ccncc1Cl. The van der Waals surface area contributed by atoms with Crippen LogP contribution in [0.1, 0.15) is 22.3 Å². The van der Waals surface area contributed by atoms with Gasteiger partial charge in [-0.1, -0.05) is 23.8 Å². The molecule has 2 aromatic rings. The molecule has 0 atom stereocenters. The summed E-state index contributed by atoms with van der Waals surface area (Å²) >= 11 is 11.1. The van der Waals surface area contributed by atoms with Gasteiger partial charge in [0, 0.05) is 23.5 Å². The molecule has 0 saturated carbocycles. The maximum atomic E-state index is 6.06. The van der Waals surface area contributed by atoms with Crippen LogP contribution < -0.4 is 10.5 Å². The summed E-state index contributed by atoms with van der Waals surface area (Å²) in [5, 5.41) is 0.600. The Morgan fingerprint density at radius 2 is 2.00 bits per heavy atom. The summed E-state index contributed by atoms with van der Waals surface area (Å²) in [6.07, 6.45) is 3.30. The molecule has 0 amide bonds. The molecule has 1 heterocycles. The summed E-state index contributed by atoms with van der Waals surface area (Å²) in [6, 6.07) is 5.70. The van der Waals surface area contributed by atoms with Crippen LogP contribution in [-0.2, 0) is 6.61 Å². The van der Waals surface area contributed by atoms with Crippen LogP contribution >= 0.6 is 23.8 Å². The molecule has 1 aromatic carbocycles. The van der Waals surface area contributed by atoms with E-state index in [1.54, 1.807) is 12.4 Å². The quantitative estimate of drug-likeness (QED) is 0.877. The summed E-state index contributed by atoms with van der Waals surface area (Å²) in [4.78, 5) is 4.34. The maximum absolute atomic E-state index is 6.06. The lowest BCUT2D eigenvalue weighted by molar-refractivity contribution is 0.302. The van der Waals surface area contributed by atoms with Gasteiger partial charge >= 0.3 is 0 Å². The first kappa shape index (κ1) is 14.8. The van der Waals surface area contributed by atoms with Gasteiger partial charge in [0.1, 0.15) is 17.3 Å². The molecule has 2 N–H and O–H groups in total. The molecule has 5 heteroatoms. The normalized spacial score (nSPS) is 10.3. The Morgan fingerprint density at radius 3 is 2.55 bits per heavy atom. The third-order valence-corrected chi connectivity index (χ3v) is 3.55. The molecule has 0 saturated heterocycles. The van der Waals surface area contributed by atoms with E-state index in [1.165, 1.54) is 0 Å². The molecule has 2 rings (SSSR count). The topological polar surface area (TPSA) is 48.1 Å². The standard InChI is InChI=1S/C15H15ClN2OS/c1-9-5-12(15(17)20)6-10(2)14(9)19-8-11-3-4-18-7-13(11)16/h3-7H,8H2,1-2H3,(H2,17,20). The van der Waals surface area contributed by atoms with Gasteiger partial charge in [-0.3, -0.25) is 4.98 Å². The van der Waals surface area contributed by atoms with Gasteiger partial charge < -0.3 is 10.5 Å². The predicted molar refractivity (Wildman–Crippen MR) is 85.4 cm³/mol. The Kier molecular flexibility index (Phi) is 4.57. The van der Waals surface area contributed by atoms with Crippen molar-refractivity contribution in [3.63, 3.8) is 0 Å². The van der Waals surface area contributed by atoms with E-state index >= 15 is 0 Å². The summed E-state index contributed by atoms with van der Waals surface area (Å²) in [5.74, 6) is 0.831. The van der Waals surface area contributed by atoms with Crippen molar-refractivity contribution in [3.05, 3.63) is 57.9 Å². The number of aryl methyl sites for hydroxylation is 2. The van der Waals surface area contributed by atoms with Crippen molar-refractivity contribution < 1.29 is 4.74 Å². The van der Waals surface area contributed by atoms with Crippen LogP contribution in [-0.4, -0.2) is 9.97 Å². The first-order chi connectivity index (χ1) is 9.49. The number of ether oxygens (including phenoxy) is 1. The molecule has 0 bridgehead atoms. The van der Waals surface area contributed by atoms with Gasteiger partial charge in [-0.15, -0.1) is 0 Å². The number of halogens is 1. The van der Waals surface area contributed by atoms with Crippen molar-refractivity contribution in [3.8, 4) is 5.75 Å². The van der Waals surface area contributed by atoms with Crippen molar-refractivity contribution in [2.75, 3.05) is 0 Å².